The molecule has 1 atom stereocenters. The average molecular weight is 586 g/mol. The summed E-state index contributed by atoms with van der Waals surface area (Å²) in [6.45, 7) is 6.15. The SMILES string of the molecule is CC(C)c1cnc(NC(=O)c2ccc(-c3nn([C@@H]4CCN(C(=O)/C=C/CN(C)C5CC5)C4)c4ncnc(N)c34)cc2)s1. The predicted molar refractivity (Wildman–Crippen MR) is 164 cm³/mol. The second-order valence-corrected chi connectivity index (χ2v) is 12.4. The van der Waals surface area contributed by atoms with E-state index in [1.54, 1.807) is 24.4 Å². The lowest BCUT2D eigenvalue weighted by Gasteiger charge is -2.16. The molecule has 3 aromatic heterocycles. The first-order valence-electron chi connectivity index (χ1n) is 14.3. The van der Waals surface area contributed by atoms with Gasteiger partial charge in [-0.1, -0.05) is 32.1 Å². The van der Waals surface area contributed by atoms with Gasteiger partial charge in [-0.15, -0.1) is 11.3 Å². The van der Waals surface area contributed by atoms with Crippen LogP contribution in [0.3, 0.4) is 0 Å². The van der Waals surface area contributed by atoms with E-state index >= 15 is 0 Å². The van der Waals surface area contributed by atoms with E-state index in [4.69, 9.17) is 10.8 Å². The van der Waals surface area contributed by atoms with E-state index in [1.165, 1.54) is 30.5 Å². The predicted octanol–water partition coefficient (Wildman–Crippen LogP) is 4.33. The number of nitrogens with two attached hydrogens (primary N) is 1. The van der Waals surface area contributed by atoms with Gasteiger partial charge in [-0.05, 0) is 44.4 Å². The van der Waals surface area contributed by atoms with Crippen molar-refractivity contribution in [3.05, 3.63) is 59.4 Å². The van der Waals surface area contributed by atoms with Gasteiger partial charge in [-0.25, -0.2) is 19.6 Å². The Bertz CT molecular complexity index is 1640. The standard InChI is InChI=1S/C30H35N9O2S/c1-18(2)23-15-32-30(42-23)35-29(41)20-8-6-19(7-9-20)26-25-27(31)33-17-34-28(25)39(36-26)22-12-14-38(16-22)24(40)5-4-13-37(3)21-10-11-21/h4-9,15,17-18,21-22H,10-14,16H2,1-3H3,(H2,31,33,34)(H,32,35,41)/b5-4+/t22-/m1/s1. The number of nitrogens with zero attached hydrogens (tertiary/aromatic N) is 7. The molecule has 2 amide bonds. The number of thiazole rings is 1. The van der Waals surface area contributed by atoms with Gasteiger partial charge in [0.25, 0.3) is 5.91 Å². The maximum atomic E-state index is 12.9. The molecule has 1 aromatic carbocycles. The zero-order valence-corrected chi connectivity index (χ0v) is 24.8. The van der Waals surface area contributed by atoms with Gasteiger partial charge < -0.3 is 10.6 Å². The van der Waals surface area contributed by atoms with Gasteiger partial charge in [0.1, 0.15) is 17.8 Å². The molecule has 11 nitrogen and oxygen atoms in total. The van der Waals surface area contributed by atoms with Crippen molar-refractivity contribution in [2.75, 3.05) is 37.7 Å². The van der Waals surface area contributed by atoms with Crippen molar-refractivity contribution >= 4 is 45.1 Å². The Morgan fingerprint density at radius 1 is 1.17 bits per heavy atom. The van der Waals surface area contributed by atoms with E-state index in [-0.39, 0.29) is 17.9 Å². The summed E-state index contributed by atoms with van der Waals surface area (Å²) in [6, 6.07) is 7.84. The molecule has 2 aliphatic rings. The zero-order valence-electron chi connectivity index (χ0n) is 24.0. The second-order valence-electron chi connectivity index (χ2n) is 11.3. The highest BCUT2D eigenvalue weighted by Gasteiger charge is 2.30. The molecule has 42 heavy (non-hydrogen) atoms. The number of nitrogens with one attached hydrogen (secondary N) is 1. The van der Waals surface area contributed by atoms with Crippen LogP contribution in [0.15, 0.2) is 48.9 Å². The minimum absolute atomic E-state index is 0.0135. The summed E-state index contributed by atoms with van der Waals surface area (Å²) >= 11 is 1.48. The number of anilines is 2. The highest BCUT2D eigenvalue weighted by molar-refractivity contribution is 7.15. The maximum absolute atomic E-state index is 12.9. The van der Waals surface area contributed by atoms with Crippen LogP contribution in [0.5, 0.6) is 0 Å². The Morgan fingerprint density at radius 3 is 2.67 bits per heavy atom. The highest BCUT2D eigenvalue weighted by Crippen LogP contribution is 2.34. The van der Waals surface area contributed by atoms with Crippen molar-refractivity contribution in [2.24, 2.45) is 0 Å². The van der Waals surface area contributed by atoms with Crippen molar-refractivity contribution in [1.29, 1.82) is 0 Å². The normalized spacial score (nSPS) is 17.3. The fourth-order valence-electron chi connectivity index (χ4n) is 5.24. The monoisotopic (exact) mass is 585 g/mol. The van der Waals surface area contributed by atoms with Gasteiger partial charge in [-0.2, -0.15) is 5.10 Å². The zero-order chi connectivity index (χ0) is 29.4. The fraction of sp³-hybridized carbons (Fsp3) is 0.400. The van der Waals surface area contributed by atoms with Crippen molar-refractivity contribution in [1.82, 2.24) is 34.5 Å². The lowest BCUT2D eigenvalue weighted by molar-refractivity contribution is -0.125. The van der Waals surface area contributed by atoms with Gasteiger partial charge in [0.05, 0.1) is 11.4 Å². The number of carbonyl (C=O) groups excluding carboxylic acids is 2. The molecule has 4 heterocycles. The van der Waals surface area contributed by atoms with Crippen molar-refractivity contribution in [3.8, 4) is 11.3 Å². The molecule has 0 unspecified atom stereocenters. The second kappa shape index (κ2) is 11.6. The molecule has 1 aliphatic heterocycles. The summed E-state index contributed by atoms with van der Waals surface area (Å²) < 4.78 is 1.87. The van der Waals surface area contributed by atoms with Gasteiger partial charge in [0.2, 0.25) is 5.91 Å². The van der Waals surface area contributed by atoms with Crippen molar-refractivity contribution < 1.29 is 9.59 Å². The van der Waals surface area contributed by atoms with Crippen LogP contribution < -0.4 is 11.1 Å². The quantitative estimate of drug-likeness (QED) is 0.277. The minimum atomic E-state index is -0.228. The Kier molecular flexibility index (Phi) is 7.74. The first-order valence-corrected chi connectivity index (χ1v) is 15.1. The Morgan fingerprint density at radius 2 is 1.95 bits per heavy atom. The number of likely N-dealkylation sites (N-methyl/N-ethyl adjacent to an activating group) is 1. The van der Waals surface area contributed by atoms with E-state index in [0.717, 1.165) is 23.4 Å². The van der Waals surface area contributed by atoms with Crippen LogP contribution in [0.1, 0.15) is 60.3 Å². The third kappa shape index (κ3) is 5.77. The van der Waals surface area contributed by atoms with Crippen molar-refractivity contribution in [3.63, 3.8) is 0 Å². The molecular weight excluding hydrogens is 550 g/mol. The van der Waals surface area contributed by atoms with Crippen LogP contribution in [-0.2, 0) is 4.79 Å². The number of aromatic nitrogens is 5. The third-order valence-electron chi connectivity index (χ3n) is 7.90. The first kappa shape index (κ1) is 28.0. The molecule has 12 heteroatoms. The maximum Gasteiger partial charge on any atom is 0.257 e. The van der Waals surface area contributed by atoms with Crippen LogP contribution in [0.2, 0.25) is 0 Å². The number of carbonyl (C=O) groups is 2. The van der Waals surface area contributed by atoms with Gasteiger partial charge in [-0.3, -0.25) is 19.8 Å². The van der Waals surface area contributed by atoms with Gasteiger partial charge >= 0.3 is 0 Å². The number of hydrogen-bond donors (Lipinski definition) is 2. The molecule has 4 aromatic rings. The van der Waals surface area contributed by atoms with Crippen LogP contribution in [0.25, 0.3) is 22.3 Å². The highest BCUT2D eigenvalue weighted by atomic mass is 32.1. The molecular formula is C30H35N9O2S. The number of fused-ring (bicyclic) bond motifs is 1. The van der Waals surface area contributed by atoms with Crippen LogP contribution >= 0.6 is 11.3 Å². The molecule has 0 radical (unpaired) electrons. The van der Waals surface area contributed by atoms with E-state index < -0.39 is 0 Å². The van der Waals surface area contributed by atoms with E-state index in [9.17, 15) is 9.59 Å². The molecule has 6 rings (SSSR count). The smallest absolute Gasteiger partial charge is 0.257 e. The summed E-state index contributed by atoms with van der Waals surface area (Å²) in [4.78, 5) is 44.0. The number of benzene rings is 1. The molecule has 1 saturated carbocycles. The van der Waals surface area contributed by atoms with Crippen LogP contribution in [0, 0.1) is 0 Å². The van der Waals surface area contributed by atoms with Crippen molar-refractivity contribution in [2.45, 2.75) is 51.1 Å². The van der Waals surface area contributed by atoms with Gasteiger partial charge in [0, 0.05) is 54.0 Å². The van der Waals surface area contributed by atoms with E-state index in [1.807, 2.05) is 27.8 Å². The van der Waals surface area contributed by atoms with Gasteiger partial charge in [0.15, 0.2) is 10.8 Å². The number of rotatable bonds is 9. The largest absolute Gasteiger partial charge is 0.383 e. The van der Waals surface area contributed by atoms with Crippen LogP contribution in [0.4, 0.5) is 10.9 Å². The summed E-state index contributed by atoms with van der Waals surface area (Å²) in [5, 5.41) is 9.05. The topological polar surface area (TPSA) is 135 Å². The minimum Gasteiger partial charge on any atom is -0.383 e. The lowest BCUT2D eigenvalue weighted by atomic mass is 10.1. The van der Waals surface area contributed by atoms with E-state index in [2.05, 4.69) is 46.1 Å². The molecule has 2 fully saturated rings. The molecule has 3 N–H and O–H groups in total. The number of amides is 2. The molecule has 218 valence electrons. The third-order valence-corrected chi connectivity index (χ3v) is 9.11. The van der Waals surface area contributed by atoms with E-state index in [0.29, 0.717) is 58.3 Å². The summed E-state index contributed by atoms with van der Waals surface area (Å²) in [6.07, 6.45) is 10.1. The summed E-state index contributed by atoms with van der Waals surface area (Å²) in [5.41, 5.74) is 8.90. The average Bonchev–Trinajstić information content (AvgIpc) is 3.35. The Labute approximate surface area is 248 Å². The first-order chi connectivity index (χ1) is 20.3. The molecule has 0 bridgehead atoms. The number of nitrogen functional groups attached to an aromatic ring is 1. The molecule has 1 saturated heterocycles. The number of hydrogen-bond acceptors (Lipinski definition) is 9. The Balaban J connectivity index is 1.19. The molecule has 1 aliphatic carbocycles. The van der Waals surface area contributed by atoms with Crippen LogP contribution in [-0.4, -0.2) is 79.1 Å². The number of likely N-dealkylation sites (tertiary alicyclic amines) is 1. The molecule has 0 spiro atoms. The summed E-state index contributed by atoms with van der Waals surface area (Å²) in [7, 11) is 2.10. The Hall–Kier alpha value is -4.16. The lowest BCUT2D eigenvalue weighted by Crippen LogP contribution is -2.28. The fourth-order valence-corrected chi connectivity index (χ4v) is 6.06. The summed E-state index contributed by atoms with van der Waals surface area (Å²) in [5.74, 6) is 0.474.